The predicted octanol–water partition coefficient (Wildman–Crippen LogP) is 8.13. The van der Waals surface area contributed by atoms with Gasteiger partial charge in [-0.2, -0.15) is 0 Å². The molecular formula is C31H29F. The largest absolute Gasteiger partial charge is 0.207 e. The van der Waals surface area contributed by atoms with E-state index >= 15 is 0 Å². The Bertz CT molecular complexity index is 1120. The van der Waals surface area contributed by atoms with Gasteiger partial charge in [0.2, 0.25) is 0 Å². The molecule has 0 amide bonds. The first-order valence-corrected chi connectivity index (χ1v) is 11.3. The van der Waals surface area contributed by atoms with Gasteiger partial charge in [-0.15, -0.1) is 0 Å². The van der Waals surface area contributed by atoms with Gasteiger partial charge in [-0.05, 0) is 70.7 Å². The van der Waals surface area contributed by atoms with Crippen molar-refractivity contribution in [3.63, 3.8) is 0 Å². The van der Waals surface area contributed by atoms with Gasteiger partial charge in [0.1, 0.15) is 5.82 Å². The molecule has 0 heterocycles. The second kappa shape index (κ2) is 10.7. The lowest BCUT2D eigenvalue weighted by atomic mass is 9.93. The molecule has 0 nitrogen and oxygen atoms in total. The SMILES string of the molecule is C[C@H](Cc1ccc(C=Cc2ccc(CCc3ccc(F)cc3)cc2)cc1)c1ccccc1. The summed E-state index contributed by atoms with van der Waals surface area (Å²) in [5.41, 5.74) is 7.61. The second-order valence-corrected chi connectivity index (χ2v) is 8.46. The quantitative estimate of drug-likeness (QED) is 0.252. The maximum Gasteiger partial charge on any atom is 0.123 e. The lowest BCUT2D eigenvalue weighted by Gasteiger charge is -2.12. The van der Waals surface area contributed by atoms with E-state index in [1.54, 1.807) is 0 Å². The summed E-state index contributed by atoms with van der Waals surface area (Å²) < 4.78 is 13.0. The van der Waals surface area contributed by atoms with E-state index in [2.05, 4.69) is 97.9 Å². The molecule has 32 heavy (non-hydrogen) atoms. The molecule has 0 spiro atoms. The van der Waals surface area contributed by atoms with Crippen molar-refractivity contribution in [2.45, 2.75) is 32.1 Å². The molecule has 0 N–H and O–H groups in total. The van der Waals surface area contributed by atoms with Crippen LogP contribution in [0, 0.1) is 5.82 Å². The van der Waals surface area contributed by atoms with Crippen LogP contribution in [0.4, 0.5) is 4.39 Å². The van der Waals surface area contributed by atoms with Crippen molar-refractivity contribution in [2.24, 2.45) is 0 Å². The third-order valence-electron chi connectivity index (χ3n) is 5.95. The highest BCUT2D eigenvalue weighted by atomic mass is 19.1. The smallest absolute Gasteiger partial charge is 0.123 e. The normalized spacial score (nSPS) is 12.2. The van der Waals surface area contributed by atoms with Crippen LogP contribution in [0.2, 0.25) is 0 Å². The summed E-state index contributed by atoms with van der Waals surface area (Å²) in [5, 5.41) is 0. The van der Waals surface area contributed by atoms with Crippen molar-refractivity contribution in [3.05, 3.63) is 142 Å². The third kappa shape index (κ3) is 6.28. The Kier molecular flexibility index (Phi) is 7.30. The summed E-state index contributed by atoms with van der Waals surface area (Å²) in [6, 6.07) is 35.0. The highest BCUT2D eigenvalue weighted by Crippen LogP contribution is 2.21. The molecule has 0 unspecified atom stereocenters. The van der Waals surface area contributed by atoms with Crippen LogP contribution in [-0.4, -0.2) is 0 Å². The Balaban J connectivity index is 1.30. The van der Waals surface area contributed by atoms with Crippen molar-refractivity contribution in [3.8, 4) is 0 Å². The second-order valence-electron chi connectivity index (χ2n) is 8.46. The Hall–Kier alpha value is -3.45. The van der Waals surface area contributed by atoms with Crippen LogP contribution < -0.4 is 0 Å². The van der Waals surface area contributed by atoms with Crippen molar-refractivity contribution in [1.29, 1.82) is 0 Å². The number of aryl methyl sites for hydroxylation is 2. The molecule has 0 aliphatic carbocycles. The summed E-state index contributed by atoms with van der Waals surface area (Å²) in [5.74, 6) is 0.334. The van der Waals surface area contributed by atoms with Crippen LogP contribution in [0.3, 0.4) is 0 Å². The summed E-state index contributed by atoms with van der Waals surface area (Å²) in [6.07, 6.45) is 7.25. The lowest BCUT2D eigenvalue weighted by molar-refractivity contribution is 0.627. The molecule has 0 saturated heterocycles. The predicted molar refractivity (Wildman–Crippen MR) is 134 cm³/mol. The van der Waals surface area contributed by atoms with E-state index in [-0.39, 0.29) is 5.82 Å². The topological polar surface area (TPSA) is 0 Å². The molecule has 0 aliphatic heterocycles. The van der Waals surface area contributed by atoms with E-state index in [9.17, 15) is 4.39 Å². The molecule has 0 fully saturated rings. The molecule has 0 aliphatic rings. The first-order chi connectivity index (χ1) is 15.7. The molecule has 0 saturated carbocycles. The fraction of sp³-hybridized carbons (Fsp3) is 0.161. The molecule has 4 aromatic rings. The van der Waals surface area contributed by atoms with Crippen LogP contribution in [0.1, 0.15) is 46.2 Å². The van der Waals surface area contributed by atoms with E-state index in [0.717, 1.165) is 24.8 Å². The third-order valence-corrected chi connectivity index (χ3v) is 5.95. The monoisotopic (exact) mass is 420 g/mol. The molecule has 0 aromatic heterocycles. The van der Waals surface area contributed by atoms with Gasteiger partial charge in [0.05, 0.1) is 0 Å². The summed E-state index contributed by atoms with van der Waals surface area (Å²) in [6.45, 7) is 2.28. The zero-order chi connectivity index (χ0) is 22.2. The molecule has 0 bridgehead atoms. The van der Waals surface area contributed by atoms with Gasteiger partial charge in [0.15, 0.2) is 0 Å². The zero-order valence-corrected chi connectivity index (χ0v) is 18.5. The van der Waals surface area contributed by atoms with E-state index in [4.69, 9.17) is 0 Å². The van der Waals surface area contributed by atoms with Gasteiger partial charge in [-0.1, -0.05) is 110 Å². The van der Waals surface area contributed by atoms with Crippen LogP contribution >= 0.6 is 0 Å². The van der Waals surface area contributed by atoms with Crippen LogP contribution in [0.25, 0.3) is 12.2 Å². The van der Waals surface area contributed by atoms with Crippen molar-refractivity contribution in [1.82, 2.24) is 0 Å². The number of rotatable bonds is 8. The van der Waals surface area contributed by atoms with E-state index in [1.807, 2.05) is 12.1 Å². The molecule has 4 rings (SSSR count). The molecular weight excluding hydrogens is 391 g/mol. The first kappa shape index (κ1) is 21.8. The number of hydrogen-bond acceptors (Lipinski definition) is 0. The standard InChI is InChI=1S/C31H29F/c1-24(30-5-3-2-4-6-30)23-29-17-15-27(16-18-29)12-11-25-7-9-26(10-8-25)13-14-28-19-21-31(32)22-20-28/h2-12,15-22,24H,13-14,23H2,1H3/t24-/m1/s1. The van der Waals surface area contributed by atoms with Gasteiger partial charge >= 0.3 is 0 Å². The minimum atomic E-state index is -0.179. The average Bonchev–Trinajstić information content (AvgIpc) is 2.84. The fourth-order valence-electron chi connectivity index (χ4n) is 3.95. The fourth-order valence-corrected chi connectivity index (χ4v) is 3.95. The number of hydrogen-bond donors (Lipinski definition) is 0. The highest BCUT2D eigenvalue weighted by molar-refractivity contribution is 5.69. The lowest BCUT2D eigenvalue weighted by Crippen LogP contribution is -1.98. The van der Waals surface area contributed by atoms with E-state index in [0.29, 0.717) is 5.92 Å². The van der Waals surface area contributed by atoms with Crippen molar-refractivity contribution < 1.29 is 4.39 Å². The minimum Gasteiger partial charge on any atom is -0.207 e. The zero-order valence-electron chi connectivity index (χ0n) is 18.5. The van der Waals surface area contributed by atoms with Crippen molar-refractivity contribution >= 4 is 12.2 Å². The Morgan fingerprint density at radius 2 is 1.06 bits per heavy atom. The maximum absolute atomic E-state index is 13.0. The van der Waals surface area contributed by atoms with E-state index < -0.39 is 0 Å². The Labute approximate surface area is 191 Å². The summed E-state index contributed by atoms with van der Waals surface area (Å²) in [7, 11) is 0. The van der Waals surface area contributed by atoms with Gasteiger partial charge in [-0.3, -0.25) is 0 Å². The van der Waals surface area contributed by atoms with Crippen LogP contribution in [0.15, 0.2) is 103 Å². The van der Waals surface area contributed by atoms with Crippen LogP contribution in [-0.2, 0) is 19.3 Å². The highest BCUT2D eigenvalue weighted by Gasteiger charge is 2.06. The molecule has 160 valence electrons. The molecule has 0 radical (unpaired) electrons. The Morgan fingerprint density at radius 3 is 1.59 bits per heavy atom. The summed E-state index contributed by atoms with van der Waals surface area (Å²) >= 11 is 0. The number of halogens is 1. The van der Waals surface area contributed by atoms with Gasteiger partial charge in [-0.25, -0.2) is 4.39 Å². The van der Waals surface area contributed by atoms with Crippen molar-refractivity contribution in [2.75, 3.05) is 0 Å². The van der Waals surface area contributed by atoms with Crippen LogP contribution in [0.5, 0.6) is 0 Å². The first-order valence-electron chi connectivity index (χ1n) is 11.3. The van der Waals surface area contributed by atoms with Gasteiger partial charge in [0, 0.05) is 0 Å². The van der Waals surface area contributed by atoms with Gasteiger partial charge in [0.25, 0.3) is 0 Å². The van der Waals surface area contributed by atoms with Gasteiger partial charge < -0.3 is 0 Å². The summed E-state index contributed by atoms with van der Waals surface area (Å²) in [4.78, 5) is 0. The molecule has 1 heteroatoms. The number of benzene rings is 4. The Morgan fingerprint density at radius 1 is 0.594 bits per heavy atom. The average molecular weight is 421 g/mol. The molecule has 4 aromatic carbocycles. The molecule has 1 atom stereocenters. The maximum atomic E-state index is 13.0. The van der Waals surface area contributed by atoms with E-state index in [1.165, 1.54) is 39.9 Å². The minimum absolute atomic E-state index is 0.179.